The molecule has 2 aromatic rings. The molecule has 20 heavy (non-hydrogen) atoms. The Labute approximate surface area is 125 Å². The summed E-state index contributed by atoms with van der Waals surface area (Å²) < 4.78 is 0. The van der Waals surface area contributed by atoms with Crippen LogP contribution in [0.15, 0.2) is 53.5 Å². The normalized spacial score (nSPS) is 17.1. The molecule has 3 nitrogen and oxygen atoms in total. The zero-order valence-corrected chi connectivity index (χ0v) is 12.2. The molecule has 1 aliphatic heterocycles. The van der Waals surface area contributed by atoms with Crippen LogP contribution in [0.3, 0.4) is 0 Å². The fraction of sp³-hybridized carbons (Fsp3) is 0.188. The van der Waals surface area contributed by atoms with Crippen molar-refractivity contribution >= 4 is 24.1 Å². The van der Waals surface area contributed by atoms with Crippen molar-refractivity contribution in [3.63, 3.8) is 0 Å². The molecule has 0 spiro atoms. The third kappa shape index (κ3) is 2.78. The van der Waals surface area contributed by atoms with Gasteiger partial charge in [0, 0.05) is 12.5 Å². The molecule has 1 atom stereocenters. The Morgan fingerprint density at radius 1 is 1.15 bits per heavy atom. The number of benzene rings is 2. The van der Waals surface area contributed by atoms with E-state index in [4.69, 9.17) is 5.73 Å². The first-order valence-electron chi connectivity index (χ1n) is 6.47. The Morgan fingerprint density at radius 2 is 1.95 bits per heavy atom. The molecule has 3 rings (SSSR count). The summed E-state index contributed by atoms with van der Waals surface area (Å²) in [6.07, 6.45) is 0. The van der Waals surface area contributed by atoms with Gasteiger partial charge in [0.1, 0.15) is 0 Å². The predicted molar refractivity (Wildman–Crippen MR) is 86.0 cm³/mol. The molecule has 1 aliphatic rings. The average Bonchev–Trinajstić information content (AvgIpc) is 2.57. The number of halogens is 1. The number of fused-ring (bicyclic) bond motifs is 1. The van der Waals surface area contributed by atoms with Gasteiger partial charge in [0.15, 0.2) is 5.96 Å². The molecule has 0 amide bonds. The molecule has 104 valence electrons. The molecule has 0 fully saturated rings. The molecular weight excluding hydrogens is 270 g/mol. The molecule has 0 aliphatic carbocycles. The number of nitrogens with zero attached hydrogens (tertiary/aromatic N) is 1. The highest BCUT2D eigenvalue weighted by Crippen LogP contribution is 2.33. The first-order chi connectivity index (χ1) is 9.24. The highest BCUT2D eigenvalue weighted by molar-refractivity contribution is 5.85. The van der Waals surface area contributed by atoms with Crippen LogP contribution in [0, 0.1) is 6.92 Å². The van der Waals surface area contributed by atoms with Crippen molar-refractivity contribution in [1.29, 1.82) is 0 Å². The van der Waals surface area contributed by atoms with Crippen LogP contribution in [0.25, 0.3) is 0 Å². The van der Waals surface area contributed by atoms with Crippen LogP contribution in [-0.4, -0.2) is 12.5 Å². The molecule has 2 aromatic carbocycles. The largest absolute Gasteiger partial charge is 0.370 e. The van der Waals surface area contributed by atoms with Crippen molar-refractivity contribution in [3.05, 3.63) is 65.2 Å². The predicted octanol–water partition coefficient (Wildman–Crippen LogP) is 3.10. The second-order valence-electron chi connectivity index (χ2n) is 4.90. The Kier molecular flexibility index (Phi) is 4.30. The molecule has 0 saturated carbocycles. The van der Waals surface area contributed by atoms with E-state index in [1.54, 1.807) is 0 Å². The molecule has 0 saturated heterocycles. The van der Waals surface area contributed by atoms with E-state index in [1.165, 1.54) is 16.7 Å². The summed E-state index contributed by atoms with van der Waals surface area (Å²) in [6.45, 7) is 2.89. The molecule has 1 unspecified atom stereocenters. The Balaban J connectivity index is 0.00000147. The van der Waals surface area contributed by atoms with Crippen molar-refractivity contribution in [2.75, 3.05) is 6.54 Å². The third-order valence-corrected chi connectivity index (χ3v) is 3.48. The van der Waals surface area contributed by atoms with Gasteiger partial charge in [-0.25, -0.2) is 4.99 Å². The van der Waals surface area contributed by atoms with Gasteiger partial charge < -0.3 is 11.1 Å². The quantitative estimate of drug-likeness (QED) is 0.847. The zero-order chi connectivity index (χ0) is 13.2. The molecule has 4 heteroatoms. The van der Waals surface area contributed by atoms with Gasteiger partial charge in [-0.05, 0) is 24.1 Å². The topological polar surface area (TPSA) is 50.4 Å². The summed E-state index contributed by atoms with van der Waals surface area (Å²) in [4.78, 5) is 4.42. The number of rotatable bonds is 1. The molecule has 0 aromatic heterocycles. The summed E-state index contributed by atoms with van der Waals surface area (Å²) in [5, 5.41) is 3.19. The zero-order valence-electron chi connectivity index (χ0n) is 11.3. The number of para-hydroxylation sites is 1. The van der Waals surface area contributed by atoms with Crippen molar-refractivity contribution < 1.29 is 0 Å². The van der Waals surface area contributed by atoms with Crippen LogP contribution in [0.4, 0.5) is 5.69 Å². The van der Waals surface area contributed by atoms with E-state index in [0.717, 1.165) is 12.2 Å². The fourth-order valence-electron chi connectivity index (χ4n) is 2.55. The minimum Gasteiger partial charge on any atom is -0.370 e. The lowest BCUT2D eigenvalue weighted by Gasteiger charge is -2.18. The van der Waals surface area contributed by atoms with Crippen LogP contribution < -0.4 is 11.1 Å². The SMILES string of the molecule is Cc1cccc(C2CNC(N)=Nc3ccccc32)c1.Cl. The Bertz CT molecular complexity index is 637. The van der Waals surface area contributed by atoms with Gasteiger partial charge in [-0.15, -0.1) is 12.4 Å². The Hall–Kier alpha value is -2.00. The van der Waals surface area contributed by atoms with Gasteiger partial charge in [-0.1, -0.05) is 48.0 Å². The van der Waals surface area contributed by atoms with Gasteiger partial charge in [-0.3, -0.25) is 0 Å². The molecule has 1 heterocycles. The second kappa shape index (κ2) is 5.97. The van der Waals surface area contributed by atoms with Crippen molar-refractivity contribution in [2.24, 2.45) is 10.7 Å². The van der Waals surface area contributed by atoms with E-state index >= 15 is 0 Å². The van der Waals surface area contributed by atoms with E-state index < -0.39 is 0 Å². The minimum absolute atomic E-state index is 0. The van der Waals surface area contributed by atoms with Gasteiger partial charge in [0.2, 0.25) is 0 Å². The highest BCUT2D eigenvalue weighted by atomic mass is 35.5. The van der Waals surface area contributed by atoms with Crippen LogP contribution in [0.1, 0.15) is 22.6 Å². The van der Waals surface area contributed by atoms with Gasteiger partial charge >= 0.3 is 0 Å². The van der Waals surface area contributed by atoms with Crippen LogP contribution >= 0.6 is 12.4 Å². The molecule has 3 N–H and O–H groups in total. The monoisotopic (exact) mass is 287 g/mol. The second-order valence-corrected chi connectivity index (χ2v) is 4.90. The summed E-state index contributed by atoms with van der Waals surface area (Å²) >= 11 is 0. The standard InChI is InChI=1S/C16H17N3.ClH/c1-11-5-4-6-12(9-11)14-10-18-16(17)19-15-8-3-2-7-13(14)15;/h2-9,14H,10H2,1H3,(H3,17,18,19);1H. The summed E-state index contributed by atoms with van der Waals surface area (Å²) in [5.74, 6) is 0.767. The number of nitrogens with two attached hydrogens (primary N) is 1. The number of hydrogen-bond donors (Lipinski definition) is 2. The molecule has 0 radical (unpaired) electrons. The number of aryl methyl sites for hydroxylation is 1. The summed E-state index contributed by atoms with van der Waals surface area (Å²) in [5.41, 5.74) is 10.6. The van der Waals surface area contributed by atoms with E-state index in [0.29, 0.717) is 5.96 Å². The maximum absolute atomic E-state index is 5.86. The first kappa shape index (κ1) is 14.4. The van der Waals surface area contributed by atoms with Crippen molar-refractivity contribution in [1.82, 2.24) is 5.32 Å². The average molecular weight is 288 g/mol. The lowest BCUT2D eigenvalue weighted by Crippen LogP contribution is -2.33. The molecule has 0 bridgehead atoms. The van der Waals surface area contributed by atoms with Crippen molar-refractivity contribution in [2.45, 2.75) is 12.8 Å². The lowest BCUT2D eigenvalue weighted by atomic mass is 9.89. The highest BCUT2D eigenvalue weighted by Gasteiger charge is 2.20. The van der Waals surface area contributed by atoms with E-state index in [9.17, 15) is 0 Å². The van der Waals surface area contributed by atoms with Crippen molar-refractivity contribution in [3.8, 4) is 0 Å². The fourth-order valence-corrected chi connectivity index (χ4v) is 2.55. The van der Waals surface area contributed by atoms with Gasteiger partial charge in [0.05, 0.1) is 5.69 Å². The van der Waals surface area contributed by atoms with Crippen LogP contribution in [0.5, 0.6) is 0 Å². The maximum atomic E-state index is 5.86. The summed E-state index contributed by atoms with van der Waals surface area (Å²) in [7, 11) is 0. The van der Waals surface area contributed by atoms with E-state index in [1.807, 2.05) is 12.1 Å². The van der Waals surface area contributed by atoms with E-state index in [2.05, 4.69) is 53.6 Å². The van der Waals surface area contributed by atoms with Crippen LogP contribution in [0.2, 0.25) is 0 Å². The number of aliphatic imine (C=N–C) groups is 1. The number of hydrogen-bond acceptors (Lipinski definition) is 3. The van der Waals surface area contributed by atoms with Gasteiger partial charge in [-0.2, -0.15) is 0 Å². The van der Waals surface area contributed by atoms with E-state index in [-0.39, 0.29) is 18.3 Å². The smallest absolute Gasteiger partial charge is 0.193 e. The third-order valence-electron chi connectivity index (χ3n) is 3.48. The Morgan fingerprint density at radius 3 is 2.75 bits per heavy atom. The summed E-state index contributed by atoms with van der Waals surface area (Å²) in [6, 6.07) is 16.8. The minimum atomic E-state index is 0. The van der Waals surface area contributed by atoms with Crippen LogP contribution in [-0.2, 0) is 0 Å². The molecular formula is C16H18ClN3. The lowest BCUT2D eigenvalue weighted by molar-refractivity contribution is 0.764. The number of guanidine groups is 1. The maximum Gasteiger partial charge on any atom is 0.193 e. The first-order valence-corrected chi connectivity index (χ1v) is 6.47. The van der Waals surface area contributed by atoms with Gasteiger partial charge in [0.25, 0.3) is 0 Å². The number of nitrogens with one attached hydrogen (secondary N) is 1.